The third-order valence-corrected chi connectivity index (χ3v) is 5.70. The van der Waals surface area contributed by atoms with Crippen molar-refractivity contribution in [3.05, 3.63) is 29.8 Å². The van der Waals surface area contributed by atoms with Gasteiger partial charge in [-0.05, 0) is 56.1 Å². The number of carbonyl (C=O) groups is 2. The largest absolute Gasteiger partial charge is 0.491 e. The highest BCUT2D eigenvalue weighted by molar-refractivity contribution is 5.96. The zero-order valence-electron chi connectivity index (χ0n) is 17.5. The molecule has 0 spiro atoms. The van der Waals surface area contributed by atoms with Crippen LogP contribution in [0.25, 0.3) is 0 Å². The maximum Gasteiger partial charge on any atom is 0.257 e. The Bertz CT molecular complexity index is 684. The fourth-order valence-corrected chi connectivity index (χ4v) is 3.92. The number of ether oxygens (including phenoxy) is 1. The summed E-state index contributed by atoms with van der Waals surface area (Å²) in [5.74, 6) is 1.94. The lowest BCUT2D eigenvalue weighted by atomic mass is 10.0. The molecular weight excluding hydrogens is 352 g/mol. The van der Waals surface area contributed by atoms with Crippen LogP contribution in [0.4, 0.5) is 0 Å². The van der Waals surface area contributed by atoms with Gasteiger partial charge in [0.2, 0.25) is 5.91 Å². The van der Waals surface area contributed by atoms with Crippen molar-refractivity contribution in [1.82, 2.24) is 9.80 Å². The number of nitrogens with zero attached hydrogens (tertiary/aromatic N) is 2. The standard InChI is InChI=1S/C23H34N2O3/c1-17(2)14-19-16-28-21-9-5-4-8-20(21)23(27)24(3)12-6-7-13-25(19)22(26)15-18-10-11-18/h4-5,8-9,17-19H,6-7,10-16H2,1-3H3/t19-/m0/s1. The predicted octanol–water partition coefficient (Wildman–Crippen LogP) is 3.97. The fourth-order valence-electron chi connectivity index (χ4n) is 3.92. The number of hydrogen-bond donors (Lipinski definition) is 0. The summed E-state index contributed by atoms with van der Waals surface area (Å²) in [7, 11) is 1.84. The summed E-state index contributed by atoms with van der Waals surface area (Å²) < 4.78 is 6.15. The first-order valence-electron chi connectivity index (χ1n) is 10.7. The van der Waals surface area contributed by atoms with Gasteiger partial charge in [0.1, 0.15) is 12.4 Å². The van der Waals surface area contributed by atoms with Crippen LogP contribution < -0.4 is 4.74 Å². The topological polar surface area (TPSA) is 49.9 Å². The lowest BCUT2D eigenvalue weighted by molar-refractivity contribution is -0.135. The average Bonchev–Trinajstić information content (AvgIpc) is 3.47. The van der Waals surface area contributed by atoms with Crippen molar-refractivity contribution in [2.24, 2.45) is 11.8 Å². The van der Waals surface area contributed by atoms with Crippen LogP contribution in [0.2, 0.25) is 0 Å². The predicted molar refractivity (Wildman–Crippen MR) is 110 cm³/mol. The van der Waals surface area contributed by atoms with Gasteiger partial charge in [-0.15, -0.1) is 0 Å². The van der Waals surface area contributed by atoms with E-state index in [0.29, 0.717) is 42.7 Å². The highest BCUT2D eigenvalue weighted by Crippen LogP contribution is 2.33. The molecule has 1 fully saturated rings. The highest BCUT2D eigenvalue weighted by atomic mass is 16.5. The normalized spacial score (nSPS) is 21.6. The second-order valence-corrected chi connectivity index (χ2v) is 8.76. The van der Waals surface area contributed by atoms with Crippen LogP contribution in [0.15, 0.2) is 24.3 Å². The summed E-state index contributed by atoms with van der Waals surface area (Å²) in [5, 5.41) is 0. The summed E-state index contributed by atoms with van der Waals surface area (Å²) in [6.07, 6.45) is 5.75. The Kier molecular flexibility index (Phi) is 6.97. The molecule has 0 aromatic heterocycles. The summed E-state index contributed by atoms with van der Waals surface area (Å²) >= 11 is 0. The van der Waals surface area contributed by atoms with Gasteiger partial charge in [-0.2, -0.15) is 0 Å². The highest BCUT2D eigenvalue weighted by Gasteiger charge is 2.31. The van der Waals surface area contributed by atoms with Gasteiger partial charge in [0.05, 0.1) is 11.6 Å². The van der Waals surface area contributed by atoms with E-state index in [4.69, 9.17) is 4.74 Å². The third kappa shape index (κ3) is 5.49. The molecule has 1 saturated carbocycles. The lowest BCUT2D eigenvalue weighted by Crippen LogP contribution is -2.45. The van der Waals surface area contributed by atoms with Gasteiger partial charge in [0.15, 0.2) is 0 Å². The molecule has 0 saturated heterocycles. The quantitative estimate of drug-likeness (QED) is 0.787. The first-order valence-corrected chi connectivity index (χ1v) is 10.7. The number of para-hydroxylation sites is 1. The molecule has 28 heavy (non-hydrogen) atoms. The number of carbonyl (C=O) groups excluding carboxylic acids is 2. The van der Waals surface area contributed by atoms with E-state index in [-0.39, 0.29) is 17.9 Å². The van der Waals surface area contributed by atoms with Crippen molar-refractivity contribution in [1.29, 1.82) is 0 Å². The fraction of sp³-hybridized carbons (Fsp3) is 0.652. The Labute approximate surface area is 169 Å². The molecule has 1 aliphatic heterocycles. The van der Waals surface area contributed by atoms with Gasteiger partial charge >= 0.3 is 0 Å². The molecule has 0 unspecified atom stereocenters. The van der Waals surface area contributed by atoms with Crippen LogP contribution in [0.3, 0.4) is 0 Å². The van der Waals surface area contributed by atoms with Crippen molar-refractivity contribution < 1.29 is 14.3 Å². The summed E-state index contributed by atoms with van der Waals surface area (Å²) in [6, 6.07) is 7.50. The van der Waals surface area contributed by atoms with E-state index in [1.807, 2.05) is 31.3 Å². The maximum atomic E-state index is 13.0. The van der Waals surface area contributed by atoms with E-state index < -0.39 is 0 Å². The first kappa shape index (κ1) is 20.7. The van der Waals surface area contributed by atoms with Crippen molar-refractivity contribution in [3.63, 3.8) is 0 Å². The monoisotopic (exact) mass is 386 g/mol. The second kappa shape index (κ2) is 9.44. The Hall–Kier alpha value is -2.04. The molecule has 5 heteroatoms. The summed E-state index contributed by atoms with van der Waals surface area (Å²) in [6.45, 7) is 6.24. The van der Waals surface area contributed by atoms with Crippen molar-refractivity contribution >= 4 is 11.8 Å². The Balaban J connectivity index is 1.84. The molecular formula is C23H34N2O3. The smallest absolute Gasteiger partial charge is 0.257 e. The zero-order valence-corrected chi connectivity index (χ0v) is 17.5. The molecule has 2 aliphatic rings. The van der Waals surface area contributed by atoms with Crippen LogP contribution in [-0.4, -0.2) is 54.4 Å². The number of rotatable bonds is 4. The minimum atomic E-state index is -0.00162. The SMILES string of the molecule is CC(C)C[C@H]1COc2ccccc2C(=O)N(C)CCCCN1C(=O)CC1CC1. The molecule has 3 rings (SSSR count). The number of hydrogen-bond acceptors (Lipinski definition) is 3. The first-order chi connectivity index (χ1) is 13.5. The zero-order chi connectivity index (χ0) is 20.1. The molecule has 5 nitrogen and oxygen atoms in total. The van der Waals surface area contributed by atoms with E-state index in [9.17, 15) is 9.59 Å². The number of amides is 2. The van der Waals surface area contributed by atoms with Gasteiger partial charge in [0.25, 0.3) is 5.91 Å². The Morgan fingerprint density at radius 3 is 2.61 bits per heavy atom. The number of fused-ring (bicyclic) bond motifs is 1. The van der Waals surface area contributed by atoms with Crippen LogP contribution in [-0.2, 0) is 4.79 Å². The van der Waals surface area contributed by atoms with Gasteiger partial charge in [-0.25, -0.2) is 0 Å². The molecule has 0 bridgehead atoms. The molecule has 2 amide bonds. The van der Waals surface area contributed by atoms with Crippen molar-refractivity contribution in [3.8, 4) is 5.75 Å². The van der Waals surface area contributed by atoms with E-state index in [1.165, 1.54) is 12.8 Å². The Morgan fingerprint density at radius 1 is 1.18 bits per heavy atom. The molecule has 0 N–H and O–H groups in total. The van der Waals surface area contributed by atoms with Gasteiger partial charge < -0.3 is 14.5 Å². The van der Waals surface area contributed by atoms with Crippen LogP contribution in [0.5, 0.6) is 5.75 Å². The summed E-state index contributed by atoms with van der Waals surface area (Å²) in [4.78, 5) is 29.6. The third-order valence-electron chi connectivity index (χ3n) is 5.70. The Morgan fingerprint density at radius 2 is 1.89 bits per heavy atom. The molecule has 1 aromatic carbocycles. The van der Waals surface area contributed by atoms with Crippen molar-refractivity contribution in [2.45, 2.75) is 58.4 Å². The lowest BCUT2D eigenvalue weighted by Gasteiger charge is -2.34. The van der Waals surface area contributed by atoms with Crippen molar-refractivity contribution in [2.75, 3.05) is 26.7 Å². The summed E-state index contributed by atoms with van der Waals surface area (Å²) in [5.41, 5.74) is 0.602. The maximum absolute atomic E-state index is 13.0. The van der Waals surface area contributed by atoms with Crippen LogP contribution in [0, 0.1) is 11.8 Å². The molecule has 154 valence electrons. The molecule has 0 radical (unpaired) electrons. The second-order valence-electron chi connectivity index (χ2n) is 8.76. The van der Waals surface area contributed by atoms with Gasteiger partial charge in [-0.3, -0.25) is 9.59 Å². The van der Waals surface area contributed by atoms with E-state index in [1.54, 1.807) is 4.90 Å². The minimum Gasteiger partial charge on any atom is -0.491 e. The van der Waals surface area contributed by atoms with Gasteiger partial charge in [-0.1, -0.05) is 26.0 Å². The minimum absolute atomic E-state index is 0.00162. The van der Waals surface area contributed by atoms with E-state index in [2.05, 4.69) is 18.7 Å². The van der Waals surface area contributed by atoms with Crippen LogP contribution in [0.1, 0.15) is 62.7 Å². The molecule has 1 heterocycles. The molecule has 1 aliphatic carbocycles. The average molecular weight is 387 g/mol. The van der Waals surface area contributed by atoms with E-state index >= 15 is 0 Å². The van der Waals surface area contributed by atoms with Crippen LogP contribution >= 0.6 is 0 Å². The molecule has 1 aromatic rings. The van der Waals surface area contributed by atoms with Gasteiger partial charge in [0, 0.05) is 26.6 Å². The van der Waals surface area contributed by atoms with E-state index in [0.717, 1.165) is 25.8 Å². The molecule has 1 atom stereocenters. The number of benzene rings is 1.